The molecule has 0 bridgehead atoms. The van der Waals surface area contributed by atoms with Gasteiger partial charge in [0.25, 0.3) is 0 Å². The van der Waals surface area contributed by atoms with Crippen molar-refractivity contribution in [3.8, 4) is 0 Å². The summed E-state index contributed by atoms with van der Waals surface area (Å²) in [5.41, 5.74) is 2.11. The normalized spacial score (nSPS) is 21.1. The highest BCUT2D eigenvalue weighted by atomic mass is 16.2. The molecule has 27 heavy (non-hydrogen) atoms. The summed E-state index contributed by atoms with van der Waals surface area (Å²) >= 11 is 0. The zero-order valence-electron chi connectivity index (χ0n) is 16.6. The average Bonchev–Trinajstić information content (AvgIpc) is 3.35. The van der Waals surface area contributed by atoms with E-state index in [1.807, 2.05) is 20.2 Å². The molecular weight excluding hydrogens is 338 g/mol. The number of aromatic nitrogens is 2. The van der Waals surface area contributed by atoms with Gasteiger partial charge in [0, 0.05) is 46.0 Å². The summed E-state index contributed by atoms with van der Waals surface area (Å²) in [4.78, 5) is 24.5. The van der Waals surface area contributed by atoms with Gasteiger partial charge in [-0.15, -0.1) is 0 Å². The van der Waals surface area contributed by atoms with E-state index >= 15 is 0 Å². The molecule has 2 aliphatic heterocycles. The largest absolute Gasteiger partial charge is 0.361 e. The maximum absolute atomic E-state index is 13.0. The minimum atomic E-state index is 0.101. The number of amides is 1. The van der Waals surface area contributed by atoms with Crippen LogP contribution < -0.4 is 4.90 Å². The van der Waals surface area contributed by atoms with Gasteiger partial charge in [0.15, 0.2) is 5.82 Å². The summed E-state index contributed by atoms with van der Waals surface area (Å²) in [5.74, 6) is 1.24. The van der Waals surface area contributed by atoms with Crippen LogP contribution in [0.15, 0.2) is 24.5 Å². The number of piperidine rings is 1. The number of anilines is 1. The van der Waals surface area contributed by atoms with Crippen molar-refractivity contribution in [3.05, 3.63) is 30.2 Å². The second kappa shape index (κ2) is 7.89. The number of rotatable bonds is 5. The van der Waals surface area contributed by atoms with Crippen LogP contribution in [0.1, 0.15) is 50.3 Å². The third kappa shape index (κ3) is 3.81. The first-order valence-electron chi connectivity index (χ1n) is 10.3. The summed E-state index contributed by atoms with van der Waals surface area (Å²) in [6.45, 7) is 4.05. The Morgan fingerprint density at radius 2 is 2.00 bits per heavy atom. The average molecular weight is 370 g/mol. The van der Waals surface area contributed by atoms with Crippen molar-refractivity contribution in [1.82, 2.24) is 19.2 Å². The van der Waals surface area contributed by atoms with Crippen LogP contribution in [-0.4, -0.2) is 65.4 Å². The number of fused-ring (bicyclic) bond motifs is 1. The van der Waals surface area contributed by atoms with Crippen LogP contribution in [0.4, 0.5) is 5.82 Å². The molecule has 146 valence electrons. The first-order valence-corrected chi connectivity index (χ1v) is 10.3. The lowest BCUT2D eigenvalue weighted by molar-refractivity contribution is -0.132. The maximum Gasteiger partial charge on any atom is 0.224 e. The molecule has 2 saturated heterocycles. The van der Waals surface area contributed by atoms with Gasteiger partial charge in [0.05, 0.1) is 17.3 Å². The van der Waals surface area contributed by atoms with E-state index < -0.39 is 0 Å². The molecule has 0 aromatic carbocycles. The molecule has 6 nitrogen and oxygen atoms in total. The molecule has 1 atom stereocenters. The van der Waals surface area contributed by atoms with Gasteiger partial charge in [-0.05, 0) is 50.9 Å². The topological polar surface area (TPSA) is 44.1 Å². The van der Waals surface area contributed by atoms with Gasteiger partial charge in [-0.2, -0.15) is 0 Å². The molecule has 2 aromatic rings. The van der Waals surface area contributed by atoms with Gasteiger partial charge < -0.3 is 19.1 Å². The second-order valence-corrected chi connectivity index (χ2v) is 8.08. The van der Waals surface area contributed by atoms with Crippen LogP contribution in [-0.2, 0) is 4.79 Å². The fourth-order valence-electron chi connectivity index (χ4n) is 4.49. The van der Waals surface area contributed by atoms with Crippen molar-refractivity contribution in [2.75, 3.05) is 45.2 Å². The second-order valence-electron chi connectivity index (χ2n) is 8.08. The van der Waals surface area contributed by atoms with Crippen molar-refractivity contribution in [1.29, 1.82) is 0 Å². The highest BCUT2D eigenvalue weighted by Crippen LogP contribution is 2.33. The number of hydrogen-bond acceptors (Lipinski definition) is 4. The summed E-state index contributed by atoms with van der Waals surface area (Å²) in [6, 6.07) is 4.23. The van der Waals surface area contributed by atoms with E-state index in [1.54, 1.807) is 0 Å². The van der Waals surface area contributed by atoms with E-state index in [9.17, 15) is 4.79 Å². The van der Waals surface area contributed by atoms with Gasteiger partial charge >= 0.3 is 0 Å². The Labute approximate surface area is 161 Å². The van der Waals surface area contributed by atoms with Gasteiger partial charge in [-0.25, -0.2) is 4.98 Å². The SMILES string of the molecule is CN(C)c1nc(C2CCCN2C(=O)CCN2CCCCC2)cn2cccc12. The van der Waals surface area contributed by atoms with Crippen molar-refractivity contribution in [2.24, 2.45) is 0 Å². The Kier molecular flexibility index (Phi) is 5.34. The molecule has 2 fully saturated rings. The van der Waals surface area contributed by atoms with Crippen LogP contribution >= 0.6 is 0 Å². The Balaban J connectivity index is 1.50. The first kappa shape index (κ1) is 18.3. The maximum atomic E-state index is 13.0. The zero-order chi connectivity index (χ0) is 18.8. The van der Waals surface area contributed by atoms with Crippen molar-refractivity contribution >= 4 is 17.2 Å². The van der Waals surface area contributed by atoms with Crippen molar-refractivity contribution in [2.45, 2.75) is 44.6 Å². The third-order valence-electron chi connectivity index (χ3n) is 5.94. The predicted molar refractivity (Wildman–Crippen MR) is 108 cm³/mol. The van der Waals surface area contributed by atoms with E-state index in [4.69, 9.17) is 4.98 Å². The van der Waals surface area contributed by atoms with Gasteiger partial charge in [-0.3, -0.25) is 4.79 Å². The molecule has 2 aliphatic rings. The standard InChI is InChI=1S/C21H31N5O/c1-23(2)21-19-9-6-13-25(19)16-17(22-21)18-8-7-14-26(18)20(27)10-15-24-11-4-3-5-12-24/h6,9,13,16,18H,3-5,7-8,10-12,14-15H2,1-2H3. The smallest absolute Gasteiger partial charge is 0.224 e. The molecule has 4 rings (SSSR count). The van der Waals surface area contributed by atoms with Gasteiger partial charge in [-0.1, -0.05) is 6.42 Å². The van der Waals surface area contributed by atoms with Crippen LogP contribution in [0.25, 0.3) is 5.52 Å². The van der Waals surface area contributed by atoms with Crippen LogP contribution in [0.5, 0.6) is 0 Å². The van der Waals surface area contributed by atoms with E-state index in [2.05, 4.69) is 37.6 Å². The van der Waals surface area contributed by atoms with Crippen molar-refractivity contribution < 1.29 is 4.79 Å². The van der Waals surface area contributed by atoms with E-state index in [0.29, 0.717) is 6.42 Å². The molecule has 0 spiro atoms. The van der Waals surface area contributed by atoms with Gasteiger partial charge in [0.1, 0.15) is 0 Å². The molecule has 1 amide bonds. The molecule has 4 heterocycles. The molecule has 0 N–H and O–H groups in total. The summed E-state index contributed by atoms with van der Waals surface area (Å²) in [7, 11) is 4.05. The fraction of sp³-hybridized carbons (Fsp3) is 0.619. The third-order valence-corrected chi connectivity index (χ3v) is 5.94. The minimum Gasteiger partial charge on any atom is -0.361 e. The quantitative estimate of drug-likeness (QED) is 0.813. The zero-order valence-corrected chi connectivity index (χ0v) is 16.6. The van der Waals surface area contributed by atoms with Crippen LogP contribution in [0, 0.1) is 0 Å². The molecule has 6 heteroatoms. The lowest BCUT2D eigenvalue weighted by Gasteiger charge is -2.29. The fourth-order valence-corrected chi connectivity index (χ4v) is 4.49. The van der Waals surface area contributed by atoms with E-state index in [-0.39, 0.29) is 11.9 Å². The Morgan fingerprint density at radius 3 is 2.78 bits per heavy atom. The number of hydrogen-bond donors (Lipinski definition) is 0. The number of nitrogens with zero attached hydrogens (tertiary/aromatic N) is 5. The lowest BCUT2D eigenvalue weighted by Crippen LogP contribution is -2.36. The highest BCUT2D eigenvalue weighted by molar-refractivity contribution is 5.77. The summed E-state index contributed by atoms with van der Waals surface area (Å²) in [5, 5.41) is 0. The minimum absolute atomic E-state index is 0.101. The number of carbonyl (C=O) groups is 1. The first-order chi connectivity index (χ1) is 13.1. The van der Waals surface area contributed by atoms with Crippen LogP contribution in [0.2, 0.25) is 0 Å². The highest BCUT2D eigenvalue weighted by Gasteiger charge is 2.31. The van der Waals surface area contributed by atoms with Crippen molar-refractivity contribution in [3.63, 3.8) is 0 Å². The van der Waals surface area contributed by atoms with Gasteiger partial charge in [0.2, 0.25) is 5.91 Å². The summed E-state index contributed by atoms with van der Waals surface area (Å²) < 4.78 is 2.13. The molecule has 2 aromatic heterocycles. The predicted octanol–water partition coefficient (Wildman–Crippen LogP) is 2.94. The monoisotopic (exact) mass is 369 g/mol. The Morgan fingerprint density at radius 1 is 1.19 bits per heavy atom. The number of carbonyl (C=O) groups excluding carboxylic acids is 1. The number of likely N-dealkylation sites (tertiary alicyclic amines) is 2. The molecule has 0 saturated carbocycles. The van der Waals surface area contributed by atoms with Crippen LogP contribution in [0.3, 0.4) is 0 Å². The lowest BCUT2D eigenvalue weighted by atomic mass is 10.1. The molecule has 1 unspecified atom stereocenters. The van der Waals surface area contributed by atoms with E-state index in [0.717, 1.165) is 56.0 Å². The molecule has 0 aliphatic carbocycles. The summed E-state index contributed by atoms with van der Waals surface area (Å²) in [6.07, 6.45) is 10.7. The van der Waals surface area contributed by atoms with E-state index in [1.165, 1.54) is 19.3 Å². The Bertz CT molecular complexity index is 793. The Hall–Kier alpha value is -2.08. The molecular formula is C21H31N5O. The molecule has 0 radical (unpaired) electrons.